The molecular weight excluding hydrogens is 521 g/mol. The molecule has 13 heteroatoms. The van der Waals surface area contributed by atoms with E-state index in [0.717, 1.165) is 6.26 Å². The monoisotopic (exact) mass is 524 g/mol. The first-order valence-electron chi connectivity index (χ1n) is 6.10. The normalized spacial score (nSPS) is 11.1. The predicted octanol–water partition coefficient (Wildman–Crippen LogP) is 6.94. The number of hydrogen-bond acceptors (Lipinski definition) is 3. The van der Waals surface area contributed by atoms with Gasteiger partial charge in [0.25, 0.3) is 0 Å². The summed E-state index contributed by atoms with van der Waals surface area (Å²) in [6.45, 7) is 0. The Labute approximate surface area is 207 Å². The quantitative estimate of drug-likeness (QED) is 0.187. The molecule has 1 radical (unpaired) electrons. The van der Waals surface area contributed by atoms with Gasteiger partial charge in [0.15, 0.2) is 5.75 Å². The topological polar surface area (TPSA) is 46.6 Å². The first-order chi connectivity index (χ1) is 11.4. The van der Waals surface area contributed by atoms with E-state index in [1.54, 1.807) is 0 Å². The molecule has 0 heterocycles. The summed E-state index contributed by atoms with van der Waals surface area (Å²) in [4.78, 5) is 0. The summed E-state index contributed by atoms with van der Waals surface area (Å²) >= 11 is 42.0. The van der Waals surface area contributed by atoms with E-state index in [4.69, 9.17) is 86.1 Å². The van der Waals surface area contributed by atoms with Crippen molar-refractivity contribution in [2.24, 2.45) is 0 Å². The molecule has 0 amide bonds. The zero-order chi connectivity index (χ0) is 19.1. The van der Waals surface area contributed by atoms with Crippen molar-refractivity contribution >= 4 is 127 Å². The Bertz CT molecular complexity index is 955. The standard InChI is InChI=1S/C13H6Cl7NO3S.Na/c1-25(22,23)21(20)12-10(18)8(16)9(17)11(19)13(12)24-7-3-2-5(14)4-6(7)15;/h2-4H,1H3;. The molecule has 0 aliphatic carbocycles. The second-order valence-corrected chi connectivity index (χ2v) is 9.31. The van der Waals surface area contributed by atoms with E-state index >= 15 is 0 Å². The fourth-order valence-electron chi connectivity index (χ4n) is 1.68. The molecule has 0 saturated carbocycles. The van der Waals surface area contributed by atoms with Crippen molar-refractivity contribution in [3.63, 3.8) is 0 Å². The summed E-state index contributed by atoms with van der Waals surface area (Å²) in [6, 6.07) is 4.37. The Morgan fingerprint density at radius 2 is 1.46 bits per heavy atom. The van der Waals surface area contributed by atoms with Gasteiger partial charge in [0.1, 0.15) is 16.5 Å². The van der Waals surface area contributed by atoms with Gasteiger partial charge >= 0.3 is 0 Å². The summed E-state index contributed by atoms with van der Waals surface area (Å²) in [7, 11) is -3.94. The summed E-state index contributed by atoms with van der Waals surface area (Å²) in [5.74, 6) is -0.132. The van der Waals surface area contributed by atoms with E-state index in [2.05, 4.69) is 0 Å². The molecule has 0 atom stereocenters. The van der Waals surface area contributed by atoms with E-state index < -0.39 is 10.0 Å². The molecule has 137 valence electrons. The molecule has 4 nitrogen and oxygen atoms in total. The number of anilines is 1. The average Bonchev–Trinajstić information content (AvgIpc) is 2.51. The molecule has 0 aromatic heterocycles. The summed E-state index contributed by atoms with van der Waals surface area (Å²) in [5, 5.41) is -0.297. The second-order valence-electron chi connectivity index (χ2n) is 4.59. The third-order valence-electron chi connectivity index (χ3n) is 2.77. The molecule has 0 N–H and O–H groups in total. The number of rotatable bonds is 4. The minimum Gasteiger partial charge on any atom is -0.452 e. The zero-order valence-electron chi connectivity index (χ0n) is 13.0. The smallest absolute Gasteiger partial charge is 0.246 e. The molecule has 2 aromatic rings. The van der Waals surface area contributed by atoms with Crippen molar-refractivity contribution in [1.82, 2.24) is 0 Å². The molecule has 0 fully saturated rings. The van der Waals surface area contributed by atoms with Crippen molar-refractivity contribution in [2.45, 2.75) is 0 Å². The fourth-order valence-corrected chi connectivity index (χ4v) is 3.84. The van der Waals surface area contributed by atoms with Crippen LogP contribution in [0.4, 0.5) is 5.69 Å². The van der Waals surface area contributed by atoms with E-state index in [0.29, 0.717) is 8.85 Å². The van der Waals surface area contributed by atoms with Crippen LogP contribution in [0, 0.1) is 0 Å². The summed E-state index contributed by atoms with van der Waals surface area (Å²) < 4.78 is 29.6. The van der Waals surface area contributed by atoms with Crippen LogP contribution in [0.2, 0.25) is 30.1 Å². The van der Waals surface area contributed by atoms with Crippen molar-refractivity contribution in [1.29, 1.82) is 0 Å². The number of nitrogens with zero attached hydrogens (tertiary/aromatic N) is 1. The van der Waals surface area contributed by atoms with Crippen LogP contribution in [0.1, 0.15) is 0 Å². The van der Waals surface area contributed by atoms with E-state index in [1.807, 2.05) is 0 Å². The van der Waals surface area contributed by atoms with Crippen molar-refractivity contribution in [3.8, 4) is 11.5 Å². The molecule has 0 bridgehead atoms. The fraction of sp³-hybridized carbons (Fsp3) is 0.0769. The molecule has 0 aliphatic rings. The summed E-state index contributed by atoms with van der Waals surface area (Å²) in [5.41, 5.74) is -0.309. The van der Waals surface area contributed by atoms with Gasteiger partial charge in [0, 0.05) is 46.4 Å². The van der Waals surface area contributed by atoms with Gasteiger partial charge in [0.2, 0.25) is 10.0 Å². The van der Waals surface area contributed by atoms with Crippen molar-refractivity contribution in [2.75, 3.05) is 10.1 Å². The van der Waals surface area contributed by atoms with Gasteiger partial charge in [-0.05, 0) is 18.2 Å². The van der Waals surface area contributed by atoms with E-state index in [9.17, 15) is 8.42 Å². The Balaban J connectivity index is 0.00000338. The SMILES string of the molecule is CS(=O)(=O)N(Cl)c1c(Cl)c(Cl)c(Cl)c(Cl)c1Oc1ccc(Cl)cc1Cl.[Na]. The molecular formula is C13H6Cl7NNaO3S. The van der Waals surface area contributed by atoms with Gasteiger partial charge in [-0.2, -0.15) is 3.82 Å². The van der Waals surface area contributed by atoms with Crippen molar-refractivity contribution in [3.05, 3.63) is 48.3 Å². The summed E-state index contributed by atoms with van der Waals surface area (Å²) in [6.07, 6.45) is 0.853. The van der Waals surface area contributed by atoms with E-state index in [1.165, 1.54) is 18.2 Å². The van der Waals surface area contributed by atoms with Crippen molar-refractivity contribution < 1.29 is 13.2 Å². The molecule has 0 spiro atoms. The largest absolute Gasteiger partial charge is 0.452 e. The van der Waals surface area contributed by atoms with Crippen LogP contribution in [0.25, 0.3) is 0 Å². The van der Waals surface area contributed by atoms with Gasteiger partial charge in [-0.1, -0.05) is 69.6 Å². The van der Waals surface area contributed by atoms with Gasteiger partial charge in [0.05, 0.1) is 26.3 Å². The second kappa shape index (κ2) is 9.68. The average molecular weight is 527 g/mol. The Kier molecular flexibility index (Phi) is 9.33. The van der Waals surface area contributed by atoms with Gasteiger partial charge in [-0.25, -0.2) is 8.42 Å². The van der Waals surface area contributed by atoms with Crippen LogP contribution >= 0.6 is 81.4 Å². The van der Waals surface area contributed by atoms with Crippen LogP contribution < -0.4 is 8.56 Å². The Morgan fingerprint density at radius 3 is 1.96 bits per heavy atom. The molecule has 0 unspecified atom stereocenters. The maximum atomic E-state index is 11.8. The molecule has 2 rings (SSSR count). The van der Waals surface area contributed by atoms with Gasteiger partial charge < -0.3 is 4.74 Å². The van der Waals surface area contributed by atoms with Crippen LogP contribution in [0.5, 0.6) is 11.5 Å². The molecule has 0 aliphatic heterocycles. The molecule has 2 aromatic carbocycles. The Hall–Kier alpha value is 1.02. The van der Waals surface area contributed by atoms with Gasteiger partial charge in [-0.3, -0.25) is 0 Å². The van der Waals surface area contributed by atoms with Crippen LogP contribution in [-0.2, 0) is 10.0 Å². The third-order valence-corrected chi connectivity index (χ3v) is 6.76. The number of hydrogen-bond donors (Lipinski definition) is 0. The minimum absolute atomic E-state index is 0. The number of benzene rings is 2. The Morgan fingerprint density at radius 1 is 0.923 bits per heavy atom. The molecule has 0 saturated heterocycles. The van der Waals surface area contributed by atoms with Crippen LogP contribution in [-0.4, -0.2) is 44.2 Å². The van der Waals surface area contributed by atoms with Crippen LogP contribution in [0.3, 0.4) is 0 Å². The van der Waals surface area contributed by atoms with Crippen LogP contribution in [0.15, 0.2) is 18.2 Å². The maximum absolute atomic E-state index is 11.8. The zero-order valence-corrected chi connectivity index (χ0v) is 21.1. The molecule has 26 heavy (non-hydrogen) atoms. The first kappa shape index (κ1) is 25.1. The maximum Gasteiger partial charge on any atom is 0.246 e. The van der Waals surface area contributed by atoms with Gasteiger partial charge in [-0.15, -0.1) is 0 Å². The number of ether oxygens (including phenoxy) is 1. The number of sulfonamides is 1. The van der Waals surface area contributed by atoms with E-state index in [-0.39, 0.29) is 71.9 Å². The third kappa shape index (κ3) is 5.33. The minimum atomic E-state index is -3.94. The first-order valence-corrected chi connectivity index (χ1v) is 10.6. The predicted molar refractivity (Wildman–Crippen MR) is 112 cm³/mol. The number of halogens is 7.